The average Bonchev–Trinajstić information content (AvgIpc) is 2.78. The maximum atomic E-state index is 4.32. The van der Waals surface area contributed by atoms with Gasteiger partial charge in [0.05, 0.1) is 11.2 Å². The quantitative estimate of drug-likeness (QED) is 0.858. The lowest BCUT2D eigenvalue weighted by Gasteiger charge is -2.19. The fourth-order valence-electron chi connectivity index (χ4n) is 2.67. The highest BCUT2D eigenvalue weighted by atomic mass is 32.1. The van der Waals surface area contributed by atoms with Crippen molar-refractivity contribution in [3.8, 4) is 0 Å². The predicted octanol–water partition coefficient (Wildman–Crippen LogP) is 2.54. The third-order valence-corrected chi connectivity index (χ3v) is 4.29. The fraction of sp³-hybridized carbons (Fsp3) is 0.786. The molecule has 1 N–H and O–H groups in total. The average molecular weight is 267 g/mol. The highest BCUT2D eigenvalue weighted by Crippen LogP contribution is 2.11. The second kappa shape index (κ2) is 7.87. The number of nitrogens with one attached hydrogen (secondary N) is 1. The molecule has 4 heteroatoms. The normalized spacial score (nSPS) is 21.9. The molecule has 0 amide bonds. The number of thiazole rings is 1. The van der Waals surface area contributed by atoms with E-state index in [0.717, 1.165) is 13.0 Å². The zero-order valence-electron chi connectivity index (χ0n) is 11.4. The fourth-order valence-corrected chi connectivity index (χ4v) is 3.26. The summed E-state index contributed by atoms with van der Waals surface area (Å²) >= 11 is 1.69. The molecule has 1 aromatic heterocycles. The molecule has 0 aromatic carbocycles. The third-order valence-electron chi connectivity index (χ3n) is 3.66. The Morgan fingerprint density at radius 1 is 1.44 bits per heavy atom. The van der Waals surface area contributed by atoms with Crippen molar-refractivity contribution in [1.29, 1.82) is 0 Å². The Bertz CT molecular complexity index is 313. The highest BCUT2D eigenvalue weighted by Gasteiger charge is 2.15. The van der Waals surface area contributed by atoms with Crippen molar-refractivity contribution in [1.82, 2.24) is 15.2 Å². The summed E-state index contributed by atoms with van der Waals surface area (Å²) < 4.78 is 0. The molecule has 18 heavy (non-hydrogen) atoms. The molecule has 1 unspecified atom stereocenters. The Morgan fingerprint density at radius 2 is 2.39 bits per heavy atom. The first-order valence-electron chi connectivity index (χ1n) is 7.21. The zero-order valence-corrected chi connectivity index (χ0v) is 12.2. The first-order valence-corrected chi connectivity index (χ1v) is 8.15. The van der Waals surface area contributed by atoms with E-state index >= 15 is 0 Å². The van der Waals surface area contributed by atoms with Crippen LogP contribution in [0.5, 0.6) is 0 Å². The molecule has 3 nitrogen and oxygen atoms in total. The summed E-state index contributed by atoms with van der Waals surface area (Å²) in [6, 6.07) is 0.713. The molecule has 0 bridgehead atoms. The van der Waals surface area contributed by atoms with Crippen LogP contribution in [-0.2, 0) is 6.42 Å². The third kappa shape index (κ3) is 4.67. The smallest absolute Gasteiger partial charge is 0.0794 e. The van der Waals surface area contributed by atoms with E-state index in [-0.39, 0.29) is 0 Å². The molecule has 1 aromatic rings. The van der Waals surface area contributed by atoms with Crippen molar-refractivity contribution in [2.24, 2.45) is 0 Å². The number of likely N-dealkylation sites (tertiary alicyclic amines) is 1. The molecule has 1 saturated heterocycles. The summed E-state index contributed by atoms with van der Waals surface area (Å²) in [5.74, 6) is 0. The summed E-state index contributed by atoms with van der Waals surface area (Å²) in [7, 11) is 0. The molecular formula is C14H25N3S. The van der Waals surface area contributed by atoms with Crippen LogP contribution in [0, 0.1) is 0 Å². The molecule has 2 rings (SSSR count). The van der Waals surface area contributed by atoms with E-state index in [2.05, 4.69) is 27.5 Å². The van der Waals surface area contributed by atoms with E-state index < -0.39 is 0 Å². The second-order valence-electron chi connectivity index (χ2n) is 5.15. The van der Waals surface area contributed by atoms with Crippen LogP contribution in [0.3, 0.4) is 0 Å². The molecule has 0 spiro atoms. The Labute approximate surface area is 115 Å². The Kier molecular flexibility index (Phi) is 6.11. The van der Waals surface area contributed by atoms with Crippen molar-refractivity contribution in [3.63, 3.8) is 0 Å². The van der Waals surface area contributed by atoms with Gasteiger partial charge in [0, 0.05) is 24.4 Å². The van der Waals surface area contributed by atoms with Gasteiger partial charge in [-0.15, -0.1) is 11.3 Å². The van der Waals surface area contributed by atoms with E-state index in [1.165, 1.54) is 51.0 Å². The van der Waals surface area contributed by atoms with Crippen molar-refractivity contribution in [3.05, 3.63) is 16.6 Å². The van der Waals surface area contributed by atoms with E-state index in [1.54, 1.807) is 11.3 Å². The largest absolute Gasteiger partial charge is 0.314 e. The molecule has 0 radical (unpaired) electrons. The SMILES string of the molecule is CCCN1CCCC(NCCc2cscn2)CC1. The maximum Gasteiger partial charge on any atom is 0.0794 e. The molecule has 2 heterocycles. The number of aromatic nitrogens is 1. The van der Waals surface area contributed by atoms with Crippen molar-refractivity contribution in [2.75, 3.05) is 26.2 Å². The topological polar surface area (TPSA) is 28.2 Å². The first-order chi connectivity index (χ1) is 8.88. The standard InChI is InChI=1S/C14H25N3S/c1-2-8-17-9-3-4-13(6-10-17)15-7-5-14-11-18-12-16-14/h11-13,15H,2-10H2,1H3. The second-order valence-corrected chi connectivity index (χ2v) is 5.87. The lowest BCUT2D eigenvalue weighted by molar-refractivity contribution is 0.283. The van der Waals surface area contributed by atoms with E-state index in [4.69, 9.17) is 0 Å². The van der Waals surface area contributed by atoms with Crippen molar-refractivity contribution >= 4 is 11.3 Å². The Hall–Kier alpha value is -0.450. The lowest BCUT2D eigenvalue weighted by atomic mass is 10.1. The van der Waals surface area contributed by atoms with Gasteiger partial charge in [-0.05, 0) is 45.3 Å². The van der Waals surface area contributed by atoms with Gasteiger partial charge in [-0.2, -0.15) is 0 Å². The maximum absolute atomic E-state index is 4.32. The van der Waals surface area contributed by atoms with Crippen LogP contribution < -0.4 is 5.32 Å². The van der Waals surface area contributed by atoms with Crippen LogP contribution >= 0.6 is 11.3 Å². The Morgan fingerprint density at radius 3 is 3.17 bits per heavy atom. The summed E-state index contributed by atoms with van der Waals surface area (Å²) in [6.07, 6.45) is 6.32. The van der Waals surface area contributed by atoms with Gasteiger partial charge in [-0.25, -0.2) is 4.98 Å². The number of nitrogens with zero attached hydrogens (tertiary/aromatic N) is 2. The lowest BCUT2D eigenvalue weighted by Crippen LogP contribution is -2.32. The van der Waals surface area contributed by atoms with Crippen LogP contribution in [-0.4, -0.2) is 42.1 Å². The van der Waals surface area contributed by atoms with Crippen molar-refractivity contribution in [2.45, 2.75) is 45.1 Å². The number of hydrogen-bond acceptors (Lipinski definition) is 4. The van der Waals surface area contributed by atoms with E-state index in [0.29, 0.717) is 6.04 Å². The van der Waals surface area contributed by atoms with Gasteiger partial charge in [-0.3, -0.25) is 0 Å². The highest BCUT2D eigenvalue weighted by molar-refractivity contribution is 7.07. The molecule has 1 aliphatic heterocycles. The van der Waals surface area contributed by atoms with Gasteiger partial charge >= 0.3 is 0 Å². The minimum Gasteiger partial charge on any atom is -0.314 e. The van der Waals surface area contributed by atoms with Crippen LogP contribution in [0.15, 0.2) is 10.9 Å². The molecule has 1 aliphatic rings. The molecular weight excluding hydrogens is 242 g/mol. The van der Waals surface area contributed by atoms with Gasteiger partial charge in [0.2, 0.25) is 0 Å². The molecule has 1 fully saturated rings. The van der Waals surface area contributed by atoms with E-state index in [1.807, 2.05) is 5.51 Å². The van der Waals surface area contributed by atoms with Gasteiger partial charge < -0.3 is 10.2 Å². The summed E-state index contributed by atoms with van der Waals surface area (Å²) in [4.78, 5) is 6.94. The predicted molar refractivity (Wildman–Crippen MR) is 78.2 cm³/mol. The molecule has 1 atom stereocenters. The first kappa shape index (κ1) is 14.0. The van der Waals surface area contributed by atoms with Crippen LogP contribution in [0.4, 0.5) is 0 Å². The van der Waals surface area contributed by atoms with Gasteiger partial charge in [0.25, 0.3) is 0 Å². The Balaban J connectivity index is 1.64. The van der Waals surface area contributed by atoms with E-state index in [9.17, 15) is 0 Å². The van der Waals surface area contributed by atoms with Gasteiger partial charge in [0.1, 0.15) is 0 Å². The zero-order chi connectivity index (χ0) is 12.6. The minimum atomic E-state index is 0.713. The minimum absolute atomic E-state index is 0.713. The molecule has 0 saturated carbocycles. The van der Waals surface area contributed by atoms with Crippen LogP contribution in [0.1, 0.15) is 38.3 Å². The van der Waals surface area contributed by atoms with Crippen LogP contribution in [0.2, 0.25) is 0 Å². The number of hydrogen-bond donors (Lipinski definition) is 1. The summed E-state index contributed by atoms with van der Waals surface area (Å²) in [6.45, 7) is 7.17. The number of rotatable bonds is 6. The van der Waals surface area contributed by atoms with Gasteiger partial charge in [0.15, 0.2) is 0 Å². The van der Waals surface area contributed by atoms with Crippen LogP contribution in [0.25, 0.3) is 0 Å². The van der Waals surface area contributed by atoms with Gasteiger partial charge in [-0.1, -0.05) is 6.92 Å². The molecule has 102 valence electrons. The molecule has 0 aliphatic carbocycles. The van der Waals surface area contributed by atoms with Crippen molar-refractivity contribution < 1.29 is 0 Å². The monoisotopic (exact) mass is 267 g/mol. The summed E-state index contributed by atoms with van der Waals surface area (Å²) in [5, 5.41) is 5.85. The summed E-state index contributed by atoms with van der Waals surface area (Å²) in [5.41, 5.74) is 3.15.